The summed E-state index contributed by atoms with van der Waals surface area (Å²) in [5.74, 6) is 12.4. The van der Waals surface area contributed by atoms with Crippen molar-refractivity contribution in [2.45, 2.75) is 12.8 Å². The maximum atomic E-state index is 3.90. The van der Waals surface area contributed by atoms with E-state index in [0.717, 1.165) is 10.8 Å². The van der Waals surface area contributed by atoms with Gasteiger partial charge in [0.2, 0.25) is 0 Å². The molecule has 0 aromatic carbocycles. The number of fused-ring (bicyclic) bond motifs is 2. The van der Waals surface area contributed by atoms with E-state index in [1.165, 1.54) is 72.3 Å². The van der Waals surface area contributed by atoms with Gasteiger partial charge in [-0.3, -0.25) is 0 Å². The summed E-state index contributed by atoms with van der Waals surface area (Å²) in [5, 5.41) is 3.90. The minimum atomic E-state index is 0.882. The molecule has 0 aromatic rings. The summed E-state index contributed by atoms with van der Waals surface area (Å²) in [5.41, 5.74) is 1.76. The van der Waals surface area contributed by atoms with Gasteiger partial charge in [-0.15, -0.1) is 0 Å². The van der Waals surface area contributed by atoms with Crippen molar-refractivity contribution >= 4 is 0 Å². The van der Waals surface area contributed by atoms with Crippen LogP contribution in [0.25, 0.3) is 0 Å². The van der Waals surface area contributed by atoms with E-state index in [1.54, 1.807) is 12.8 Å². The number of hydrogen-bond donors (Lipinski definition) is 1. The van der Waals surface area contributed by atoms with E-state index >= 15 is 0 Å². The average molecular weight is 225 g/mol. The van der Waals surface area contributed by atoms with E-state index in [1.807, 2.05) is 0 Å². The van der Waals surface area contributed by atoms with E-state index in [0.29, 0.717) is 0 Å². The van der Waals surface area contributed by atoms with Gasteiger partial charge >= 0.3 is 0 Å². The molecule has 9 aliphatic rings. The molecule has 8 aliphatic carbocycles. The third-order valence-corrected chi connectivity index (χ3v) is 9.81. The van der Waals surface area contributed by atoms with Crippen LogP contribution in [0.15, 0.2) is 0 Å². The fourth-order valence-corrected chi connectivity index (χ4v) is 10.5. The molecular formula is C16H19N. The molecule has 1 aliphatic heterocycles. The molecule has 17 heavy (non-hydrogen) atoms. The van der Waals surface area contributed by atoms with Crippen molar-refractivity contribution in [3.63, 3.8) is 0 Å². The van der Waals surface area contributed by atoms with Crippen LogP contribution < -0.4 is 5.32 Å². The summed E-state index contributed by atoms with van der Waals surface area (Å²) in [6, 6.07) is 0. The van der Waals surface area contributed by atoms with Crippen LogP contribution in [0, 0.1) is 70.0 Å². The highest BCUT2D eigenvalue weighted by Crippen LogP contribution is 3.01. The summed E-state index contributed by atoms with van der Waals surface area (Å²) in [6.07, 6.45) is 3.33. The lowest BCUT2D eigenvalue weighted by Gasteiger charge is -2.51. The van der Waals surface area contributed by atoms with Gasteiger partial charge < -0.3 is 5.32 Å². The number of rotatable bonds is 0. The lowest BCUT2D eigenvalue weighted by molar-refractivity contribution is -0.0384. The second-order valence-corrected chi connectivity index (χ2v) is 9.07. The third kappa shape index (κ3) is 0.393. The number of hydrogen-bond acceptors (Lipinski definition) is 1. The van der Waals surface area contributed by atoms with Gasteiger partial charge in [-0.05, 0) is 82.9 Å². The quantitative estimate of drug-likeness (QED) is 0.660. The van der Waals surface area contributed by atoms with Crippen LogP contribution in [0.1, 0.15) is 12.8 Å². The molecule has 2 spiro atoms. The Balaban J connectivity index is 1.58. The molecular weight excluding hydrogens is 206 g/mol. The zero-order valence-electron chi connectivity index (χ0n) is 10.1. The zero-order chi connectivity index (χ0) is 10.3. The lowest BCUT2D eigenvalue weighted by Crippen LogP contribution is -2.51. The van der Waals surface area contributed by atoms with Crippen molar-refractivity contribution in [1.29, 1.82) is 0 Å². The molecule has 8 bridgehead atoms. The van der Waals surface area contributed by atoms with Crippen LogP contribution in [-0.2, 0) is 0 Å². The van der Waals surface area contributed by atoms with E-state index in [-0.39, 0.29) is 0 Å². The molecule has 1 heteroatoms. The first kappa shape index (κ1) is 7.53. The maximum absolute atomic E-state index is 3.90. The van der Waals surface area contributed by atoms with Gasteiger partial charge in [-0.1, -0.05) is 0 Å². The molecule has 1 heterocycles. The molecule has 4 unspecified atom stereocenters. The molecule has 8 saturated carbocycles. The van der Waals surface area contributed by atoms with Gasteiger partial charge in [-0.2, -0.15) is 0 Å². The van der Waals surface area contributed by atoms with Gasteiger partial charge in [0.15, 0.2) is 0 Å². The van der Waals surface area contributed by atoms with Crippen LogP contribution >= 0.6 is 0 Å². The first-order valence-corrected chi connectivity index (χ1v) is 8.12. The van der Waals surface area contributed by atoms with E-state index in [4.69, 9.17) is 0 Å². The highest BCUT2D eigenvalue weighted by Gasteiger charge is 2.99. The molecule has 9 rings (SSSR count). The van der Waals surface area contributed by atoms with Gasteiger partial charge in [0.05, 0.1) is 0 Å². The first-order chi connectivity index (χ1) is 8.41. The van der Waals surface area contributed by atoms with Gasteiger partial charge in [0.25, 0.3) is 0 Å². The average Bonchev–Trinajstić information content (AvgIpc) is 2.98. The van der Waals surface area contributed by atoms with Crippen molar-refractivity contribution < 1.29 is 0 Å². The lowest BCUT2D eigenvalue weighted by atomic mass is 9.52. The Bertz CT molecular complexity index is 446. The van der Waals surface area contributed by atoms with Crippen LogP contribution in [0.4, 0.5) is 0 Å². The van der Waals surface area contributed by atoms with Gasteiger partial charge in [-0.25, -0.2) is 0 Å². The highest BCUT2D eigenvalue weighted by molar-refractivity contribution is 5.47. The second-order valence-electron chi connectivity index (χ2n) is 9.07. The van der Waals surface area contributed by atoms with Crippen LogP contribution in [0.3, 0.4) is 0 Å². The SMILES string of the molecule is C1[C@@H]2[C@H]1[C@@H]1C3C4[C@@H]5[C@@H]6C[C@@H]6[C@H]4C4(CNCC514)[C@H]32. The number of nitrogens with one attached hydrogen (secondary N) is 1. The molecule has 0 aromatic heterocycles. The van der Waals surface area contributed by atoms with Gasteiger partial charge in [0.1, 0.15) is 0 Å². The Morgan fingerprint density at radius 1 is 0.647 bits per heavy atom. The van der Waals surface area contributed by atoms with Crippen LogP contribution in [-0.4, -0.2) is 13.1 Å². The summed E-state index contributed by atoms with van der Waals surface area (Å²) in [4.78, 5) is 0. The van der Waals surface area contributed by atoms with E-state index in [9.17, 15) is 0 Å². The smallest absolute Gasteiger partial charge is 0.00198 e. The molecule has 0 radical (unpaired) electrons. The van der Waals surface area contributed by atoms with Crippen molar-refractivity contribution in [1.82, 2.24) is 5.32 Å². The molecule has 9 fully saturated rings. The Morgan fingerprint density at radius 3 is 1.47 bits per heavy atom. The Hall–Kier alpha value is -0.0400. The Labute approximate surface area is 102 Å². The second kappa shape index (κ2) is 1.62. The van der Waals surface area contributed by atoms with Crippen molar-refractivity contribution in [3.8, 4) is 0 Å². The topological polar surface area (TPSA) is 12.0 Å². The predicted molar refractivity (Wildman–Crippen MR) is 61.9 cm³/mol. The van der Waals surface area contributed by atoms with Crippen molar-refractivity contribution in [2.75, 3.05) is 13.1 Å². The van der Waals surface area contributed by atoms with Crippen molar-refractivity contribution in [3.05, 3.63) is 0 Å². The summed E-state index contributed by atoms with van der Waals surface area (Å²) in [7, 11) is 0. The molecule has 1 nitrogen and oxygen atoms in total. The molecule has 0 amide bonds. The summed E-state index contributed by atoms with van der Waals surface area (Å²) >= 11 is 0. The standard InChI is InChI=1S/C16H19N/c1-5-6(1)12-9-10-13-7-2-8(7)14(10)16(12)4-17-3-15(13,16)11(5)9/h5-14,17H,1-4H2/t5-,6+,7+,8-,9?,10?,11+,12-,13-,14+,15?,16?. The molecule has 88 valence electrons. The van der Waals surface area contributed by atoms with Crippen LogP contribution in [0.2, 0.25) is 0 Å². The predicted octanol–water partition coefficient (Wildman–Crippen LogP) is 1.60. The third-order valence-electron chi connectivity index (χ3n) is 9.81. The van der Waals surface area contributed by atoms with E-state index < -0.39 is 0 Å². The zero-order valence-corrected chi connectivity index (χ0v) is 10.1. The monoisotopic (exact) mass is 225 g/mol. The largest absolute Gasteiger partial charge is 0.316 e. The summed E-state index contributed by atoms with van der Waals surface area (Å²) in [6.45, 7) is 2.91. The minimum absolute atomic E-state index is 0.882. The van der Waals surface area contributed by atoms with E-state index in [2.05, 4.69) is 5.32 Å². The van der Waals surface area contributed by atoms with Crippen LogP contribution in [0.5, 0.6) is 0 Å². The fraction of sp³-hybridized carbons (Fsp3) is 1.00. The van der Waals surface area contributed by atoms with Gasteiger partial charge in [0, 0.05) is 13.1 Å². The Morgan fingerprint density at radius 2 is 1.06 bits per heavy atom. The molecule has 1 N–H and O–H groups in total. The maximum Gasteiger partial charge on any atom is 0.00198 e. The summed E-state index contributed by atoms with van der Waals surface area (Å²) < 4.78 is 0. The fourth-order valence-electron chi connectivity index (χ4n) is 10.5. The van der Waals surface area contributed by atoms with Crippen molar-refractivity contribution in [2.24, 2.45) is 70.0 Å². The Kier molecular flexibility index (Phi) is 0.717. The minimum Gasteiger partial charge on any atom is -0.316 e. The first-order valence-electron chi connectivity index (χ1n) is 8.12. The normalized spacial score (nSPS) is 93.2. The highest BCUT2D eigenvalue weighted by atomic mass is 15.1. The molecule has 1 saturated heterocycles. The molecule has 12 atom stereocenters.